The highest BCUT2D eigenvalue weighted by Crippen LogP contribution is 2.65. The van der Waals surface area contributed by atoms with Crippen molar-refractivity contribution < 1.29 is 23.9 Å². The molecule has 4 fully saturated rings. The highest BCUT2D eigenvalue weighted by molar-refractivity contribution is 6.44. The maximum Gasteiger partial charge on any atom is 0.316 e. The number of imide groups is 1. The van der Waals surface area contributed by atoms with E-state index in [0.29, 0.717) is 28.2 Å². The molecule has 2 saturated carbocycles. The summed E-state index contributed by atoms with van der Waals surface area (Å²) in [7, 11) is 0. The van der Waals surface area contributed by atoms with Gasteiger partial charge in [0.05, 0.1) is 39.2 Å². The van der Waals surface area contributed by atoms with E-state index in [1.165, 1.54) is 9.80 Å². The van der Waals surface area contributed by atoms with E-state index >= 15 is 0 Å². The fraction of sp³-hybridized carbons (Fsp3) is 0.357. The lowest BCUT2D eigenvalue weighted by Gasteiger charge is -2.37. The lowest BCUT2D eigenvalue weighted by molar-refractivity contribution is -0.139. The molecule has 2 aromatic carbocycles. The number of hydrogen-bond donors (Lipinski definition) is 0. The van der Waals surface area contributed by atoms with E-state index in [9.17, 15) is 19.2 Å². The zero-order valence-corrected chi connectivity index (χ0v) is 21.1. The number of nitrogens with zero attached hydrogens (tertiary/aromatic N) is 2. The van der Waals surface area contributed by atoms with Crippen molar-refractivity contribution in [1.29, 1.82) is 0 Å². The van der Waals surface area contributed by atoms with Gasteiger partial charge in [-0.25, -0.2) is 0 Å². The van der Waals surface area contributed by atoms with Crippen LogP contribution in [-0.4, -0.2) is 30.2 Å². The first kappa shape index (κ1) is 23.0. The van der Waals surface area contributed by atoms with Crippen LogP contribution in [0.4, 0.5) is 11.4 Å². The number of halogens is 2. The quantitative estimate of drug-likeness (QED) is 0.248. The molecule has 2 saturated heterocycles. The lowest BCUT2D eigenvalue weighted by Crippen LogP contribution is -2.40. The second-order valence-electron chi connectivity index (χ2n) is 10.6. The third-order valence-corrected chi connectivity index (χ3v) is 9.47. The van der Waals surface area contributed by atoms with E-state index in [4.69, 9.17) is 27.9 Å². The number of hydrogen-bond acceptors (Lipinski definition) is 5. The van der Waals surface area contributed by atoms with E-state index in [-0.39, 0.29) is 65.1 Å². The standard InChI is InChI=1S/C28H22Cl2N2O5/c29-20-2-1-3-21(25(20)30)31-12-13(10-22(31)33)28(36)37-15-6-4-14(5-7-15)32-26(34)23-16-8-9-17(19-11-18(16)19)24(23)27(32)35/h1-9,13,16-19,23-24H,10-12H2/t13-,16-,17-,18-,19+,23-,24+/m0/s1. The molecule has 2 aromatic rings. The van der Waals surface area contributed by atoms with Gasteiger partial charge in [-0.15, -0.1) is 0 Å². The molecule has 3 amide bonds. The van der Waals surface area contributed by atoms with Crippen molar-refractivity contribution >= 4 is 58.3 Å². The van der Waals surface area contributed by atoms with Gasteiger partial charge < -0.3 is 9.64 Å². The van der Waals surface area contributed by atoms with E-state index in [0.717, 1.165) is 6.42 Å². The fourth-order valence-corrected chi connectivity index (χ4v) is 7.27. The first-order valence-corrected chi connectivity index (χ1v) is 13.2. The second-order valence-corrected chi connectivity index (χ2v) is 11.3. The van der Waals surface area contributed by atoms with Gasteiger partial charge in [-0.1, -0.05) is 41.4 Å². The maximum absolute atomic E-state index is 13.3. The number of rotatable bonds is 4. The van der Waals surface area contributed by atoms with E-state index in [1.54, 1.807) is 42.5 Å². The average molecular weight is 537 g/mol. The molecule has 0 N–H and O–H groups in total. The second kappa shape index (κ2) is 8.17. The zero-order chi connectivity index (χ0) is 25.6. The Hall–Kier alpha value is -3.16. The van der Waals surface area contributed by atoms with E-state index in [2.05, 4.69) is 12.2 Å². The summed E-state index contributed by atoms with van der Waals surface area (Å²) in [6.07, 6.45) is 5.41. The molecule has 2 heterocycles. The van der Waals surface area contributed by atoms with Crippen LogP contribution in [0.15, 0.2) is 54.6 Å². The summed E-state index contributed by atoms with van der Waals surface area (Å²) in [4.78, 5) is 54.8. The van der Waals surface area contributed by atoms with Gasteiger partial charge in [0, 0.05) is 13.0 Å². The molecule has 0 aromatic heterocycles. The largest absolute Gasteiger partial charge is 0.426 e. The van der Waals surface area contributed by atoms with E-state index in [1.807, 2.05) is 0 Å². The van der Waals surface area contributed by atoms with Gasteiger partial charge in [0.15, 0.2) is 0 Å². The molecular weight excluding hydrogens is 515 g/mol. The van der Waals surface area contributed by atoms with Crippen molar-refractivity contribution in [3.05, 3.63) is 64.7 Å². The van der Waals surface area contributed by atoms with Gasteiger partial charge in [-0.2, -0.15) is 0 Å². The van der Waals surface area contributed by atoms with Crippen LogP contribution in [0.2, 0.25) is 10.0 Å². The van der Waals surface area contributed by atoms with Crippen molar-refractivity contribution in [3.63, 3.8) is 0 Å². The summed E-state index contributed by atoms with van der Waals surface area (Å²) in [6.45, 7) is 0.133. The SMILES string of the molecule is O=C(Oc1ccc(N2C(=O)[C@@H]3[C@H]4C=C[C@@H]([C@@H]5C[C@H]45)[C@@H]3C2=O)cc1)[C@H]1CC(=O)N(c2cccc(Cl)c2Cl)C1. The van der Waals surface area contributed by atoms with Crippen LogP contribution < -0.4 is 14.5 Å². The minimum Gasteiger partial charge on any atom is -0.426 e. The highest BCUT2D eigenvalue weighted by atomic mass is 35.5. The molecule has 7 atom stereocenters. The molecule has 8 rings (SSSR count). The van der Waals surface area contributed by atoms with E-state index < -0.39 is 11.9 Å². The van der Waals surface area contributed by atoms with Gasteiger partial charge in [0.25, 0.3) is 0 Å². The van der Waals surface area contributed by atoms with Crippen molar-refractivity contribution in [2.75, 3.05) is 16.3 Å². The molecule has 6 aliphatic rings. The van der Waals surface area contributed by atoms with Crippen LogP contribution in [0.3, 0.4) is 0 Å². The predicted octanol–water partition coefficient (Wildman–Crippen LogP) is 4.51. The number of carbonyl (C=O) groups is 4. The van der Waals surface area contributed by atoms with Crippen LogP contribution >= 0.6 is 23.2 Å². The average Bonchev–Trinajstić information content (AvgIpc) is 3.57. The molecule has 0 unspecified atom stereocenters. The normalized spacial score (nSPS) is 33.1. The summed E-state index contributed by atoms with van der Waals surface area (Å²) >= 11 is 12.3. The van der Waals surface area contributed by atoms with Gasteiger partial charge in [-0.3, -0.25) is 24.1 Å². The van der Waals surface area contributed by atoms with Gasteiger partial charge >= 0.3 is 5.97 Å². The molecule has 2 aliphatic heterocycles. The van der Waals surface area contributed by atoms with Gasteiger partial charge in [0.1, 0.15) is 5.75 Å². The Morgan fingerprint density at radius 1 is 0.892 bits per heavy atom. The molecule has 0 spiro atoms. The predicted molar refractivity (Wildman–Crippen MR) is 136 cm³/mol. The third-order valence-electron chi connectivity index (χ3n) is 8.66. The van der Waals surface area contributed by atoms with Gasteiger partial charge in [-0.05, 0) is 66.5 Å². The Morgan fingerprint density at radius 3 is 2.19 bits per heavy atom. The van der Waals surface area contributed by atoms with Crippen LogP contribution in [0.25, 0.3) is 0 Å². The fourth-order valence-electron chi connectivity index (χ4n) is 6.87. The minimum atomic E-state index is -0.665. The van der Waals surface area contributed by atoms with Crippen molar-refractivity contribution in [2.45, 2.75) is 12.8 Å². The molecule has 9 heteroatoms. The number of benzene rings is 2. The summed E-state index contributed by atoms with van der Waals surface area (Å²) in [6, 6.07) is 11.4. The number of carbonyl (C=O) groups excluding carboxylic acids is 4. The molecule has 7 nitrogen and oxygen atoms in total. The Kier molecular flexibility index (Phi) is 5.08. The zero-order valence-electron chi connectivity index (χ0n) is 19.6. The Balaban J connectivity index is 1.04. The first-order chi connectivity index (χ1) is 17.8. The Morgan fingerprint density at radius 2 is 1.54 bits per heavy atom. The molecule has 188 valence electrons. The number of anilines is 2. The molecule has 4 aliphatic carbocycles. The minimum absolute atomic E-state index is 0.00231. The summed E-state index contributed by atoms with van der Waals surface area (Å²) in [5, 5.41) is 0.585. The highest BCUT2D eigenvalue weighted by Gasteiger charge is 2.67. The molecule has 2 bridgehead atoms. The van der Waals surface area contributed by atoms with Crippen LogP contribution in [0.5, 0.6) is 5.75 Å². The van der Waals surface area contributed by atoms with Crippen LogP contribution in [-0.2, 0) is 19.2 Å². The molecule has 37 heavy (non-hydrogen) atoms. The number of allylic oxidation sites excluding steroid dienone is 2. The molecule has 0 radical (unpaired) electrons. The molecular formula is C28H22Cl2N2O5. The maximum atomic E-state index is 13.3. The Bertz CT molecular complexity index is 1370. The summed E-state index contributed by atoms with van der Waals surface area (Å²) < 4.78 is 5.54. The smallest absolute Gasteiger partial charge is 0.316 e. The van der Waals surface area contributed by atoms with Crippen molar-refractivity contribution in [3.8, 4) is 5.75 Å². The first-order valence-electron chi connectivity index (χ1n) is 12.5. The van der Waals surface area contributed by atoms with Crippen LogP contribution in [0.1, 0.15) is 12.8 Å². The number of ether oxygens (including phenoxy) is 1. The number of esters is 1. The third kappa shape index (κ3) is 3.40. The van der Waals surface area contributed by atoms with Crippen molar-refractivity contribution in [1.82, 2.24) is 0 Å². The summed E-state index contributed by atoms with van der Waals surface area (Å²) in [5.74, 6) is -0.540. The summed E-state index contributed by atoms with van der Waals surface area (Å²) in [5.41, 5.74) is 0.940. The topological polar surface area (TPSA) is 84.0 Å². The number of amides is 3. The van der Waals surface area contributed by atoms with Gasteiger partial charge in [0.2, 0.25) is 17.7 Å². The monoisotopic (exact) mass is 536 g/mol. The van der Waals surface area contributed by atoms with Crippen LogP contribution in [0, 0.1) is 41.4 Å². The Labute approximate surface area is 222 Å². The lowest BCUT2D eigenvalue weighted by atomic mass is 9.63. The van der Waals surface area contributed by atoms with Crippen molar-refractivity contribution in [2.24, 2.45) is 41.4 Å².